The summed E-state index contributed by atoms with van der Waals surface area (Å²) in [5.41, 5.74) is 1.55. The lowest BCUT2D eigenvalue weighted by atomic mass is 9.89. The number of hydrogen-bond donors (Lipinski definition) is 7. The van der Waals surface area contributed by atoms with Crippen molar-refractivity contribution in [3.8, 4) is 46.0 Å². The molecule has 2 atom stereocenters. The zero-order valence-corrected chi connectivity index (χ0v) is 26.6. The summed E-state index contributed by atoms with van der Waals surface area (Å²) >= 11 is 0. The molecule has 2 unspecified atom stereocenters. The van der Waals surface area contributed by atoms with Crippen molar-refractivity contribution in [2.75, 3.05) is 6.61 Å². The van der Waals surface area contributed by atoms with Gasteiger partial charge in [-0.3, -0.25) is 0 Å². The van der Waals surface area contributed by atoms with Crippen molar-refractivity contribution in [1.29, 1.82) is 0 Å². The van der Waals surface area contributed by atoms with Gasteiger partial charge in [-0.05, 0) is 37.1 Å². The van der Waals surface area contributed by atoms with E-state index in [1.54, 1.807) is 19.9 Å². The van der Waals surface area contributed by atoms with Gasteiger partial charge in [-0.1, -0.05) is 73.9 Å². The van der Waals surface area contributed by atoms with E-state index in [1.165, 1.54) is 12.1 Å². The number of esters is 1. The van der Waals surface area contributed by atoms with Crippen LogP contribution < -0.4 is 4.74 Å². The highest BCUT2D eigenvalue weighted by Gasteiger charge is 2.35. The molecule has 3 aromatic carbocycles. The molecule has 43 heavy (non-hydrogen) atoms. The summed E-state index contributed by atoms with van der Waals surface area (Å²) in [5.74, 6) is -3.23. The van der Waals surface area contributed by atoms with Crippen LogP contribution in [0.5, 0.6) is 46.0 Å². The first-order chi connectivity index (χ1) is 20.5. The van der Waals surface area contributed by atoms with Crippen LogP contribution in [0.4, 0.5) is 0 Å². The quantitative estimate of drug-likeness (QED) is 0.117. The number of benzene rings is 3. The van der Waals surface area contributed by atoms with Gasteiger partial charge in [0.1, 0.15) is 30.0 Å². The summed E-state index contributed by atoms with van der Waals surface area (Å²) in [6, 6.07) is 8.18. The van der Waals surface area contributed by atoms with Gasteiger partial charge in [-0.15, -0.1) is 0 Å². The van der Waals surface area contributed by atoms with Gasteiger partial charge in [0.05, 0.1) is 5.56 Å². The van der Waals surface area contributed by atoms with Gasteiger partial charge in [0, 0.05) is 23.1 Å². The first-order valence-corrected chi connectivity index (χ1v) is 14.6. The Kier molecular flexibility index (Phi) is 16.9. The number of aromatic hydroxyl groups is 7. The highest BCUT2D eigenvalue weighted by Crippen LogP contribution is 2.46. The van der Waals surface area contributed by atoms with Crippen LogP contribution in [0.15, 0.2) is 36.4 Å². The fourth-order valence-electron chi connectivity index (χ4n) is 3.98. The van der Waals surface area contributed by atoms with E-state index >= 15 is 0 Å². The second-order valence-corrected chi connectivity index (χ2v) is 8.72. The van der Waals surface area contributed by atoms with Gasteiger partial charge >= 0.3 is 5.97 Å². The van der Waals surface area contributed by atoms with Crippen molar-refractivity contribution < 1.29 is 50.0 Å². The van der Waals surface area contributed by atoms with Gasteiger partial charge < -0.3 is 45.2 Å². The van der Waals surface area contributed by atoms with E-state index in [1.807, 2.05) is 54.5 Å². The number of phenols is 7. The molecule has 0 saturated heterocycles. The van der Waals surface area contributed by atoms with Crippen LogP contribution in [0.1, 0.15) is 94.8 Å². The molecule has 240 valence electrons. The molecule has 0 aliphatic carbocycles. The molecule has 0 amide bonds. The lowest BCUT2D eigenvalue weighted by Gasteiger charge is -2.32. The van der Waals surface area contributed by atoms with Crippen molar-refractivity contribution in [2.45, 2.75) is 87.2 Å². The first-order valence-electron chi connectivity index (χ1n) is 14.6. The molecule has 10 heteroatoms. The van der Waals surface area contributed by atoms with Gasteiger partial charge in [-0.25, -0.2) is 4.79 Å². The smallest absolute Gasteiger partial charge is 0.338 e. The Labute approximate surface area is 254 Å². The third kappa shape index (κ3) is 9.80. The Morgan fingerprint density at radius 3 is 1.91 bits per heavy atom. The molecule has 0 aromatic heterocycles. The monoisotopic (exact) mass is 604 g/mol. The Hall–Kier alpha value is -4.47. The molecule has 1 aliphatic heterocycles. The maximum Gasteiger partial charge on any atom is 0.338 e. The van der Waals surface area contributed by atoms with Crippen LogP contribution in [-0.2, 0) is 11.2 Å². The summed E-state index contributed by atoms with van der Waals surface area (Å²) in [6.45, 7) is 17.4. The predicted octanol–water partition coefficient (Wildman–Crippen LogP) is 7.37. The molecule has 4 rings (SSSR count). The number of phenolic OH excluding ortho intramolecular Hbond substituents is 7. The third-order valence-electron chi connectivity index (χ3n) is 6.11. The normalized spacial score (nSPS) is 14.3. The number of carbonyl (C=O) groups excluding carboxylic acids is 1. The van der Waals surface area contributed by atoms with E-state index in [2.05, 4.69) is 0 Å². The van der Waals surface area contributed by atoms with E-state index in [9.17, 15) is 35.4 Å². The molecule has 0 radical (unpaired) electrons. The fraction of sp³-hybridized carbons (Fsp3) is 0.424. The van der Waals surface area contributed by atoms with Gasteiger partial charge in [0.2, 0.25) is 0 Å². The molecule has 1 aliphatic rings. The van der Waals surface area contributed by atoms with Crippen LogP contribution in [0.2, 0.25) is 0 Å². The number of carbonyl (C=O) groups is 1. The zero-order chi connectivity index (χ0) is 33.4. The number of para-hydroxylation sites is 1. The molecular formula is C33H48O10. The second-order valence-electron chi connectivity index (χ2n) is 8.72. The number of rotatable bonds is 4. The molecule has 10 nitrogen and oxygen atoms in total. The van der Waals surface area contributed by atoms with E-state index in [0.29, 0.717) is 16.9 Å². The summed E-state index contributed by atoms with van der Waals surface area (Å²) in [7, 11) is 0. The minimum Gasteiger partial charge on any atom is -0.507 e. The van der Waals surface area contributed by atoms with Crippen molar-refractivity contribution in [1.82, 2.24) is 0 Å². The highest BCUT2D eigenvalue weighted by molar-refractivity contribution is 5.91. The summed E-state index contributed by atoms with van der Waals surface area (Å²) in [4.78, 5) is 12.3. The molecule has 0 fully saturated rings. The minimum atomic E-state index is -0.838. The number of ether oxygens (including phenoxy) is 2. The van der Waals surface area contributed by atoms with Gasteiger partial charge in [0.25, 0.3) is 0 Å². The van der Waals surface area contributed by atoms with Crippen molar-refractivity contribution in [3.63, 3.8) is 0 Å². The summed E-state index contributed by atoms with van der Waals surface area (Å²) in [6.07, 6.45) is 1.03. The first kappa shape index (κ1) is 38.5. The van der Waals surface area contributed by atoms with Crippen LogP contribution in [-0.4, -0.2) is 54.4 Å². The maximum absolute atomic E-state index is 12.3. The van der Waals surface area contributed by atoms with E-state index < -0.39 is 35.2 Å². The Morgan fingerprint density at radius 1 is 0.814 bits per heavy atom. The maximum atomic E-state index is 12.3. The van der Waals surface area contributed by atoms with Gasteiger partial charge in [-0.2, -0.15) is 0 Å². The van der Waals surface area contributed by atoms with E-state index in [0.717, 1.165) is 30.5 Å². The number of aryl methyl sites for hydroxylation is 1. The van der Waals surface area contributed by atoms with Crippen LogP contribution in [0.3, 0.4) is 0 Å². The zero-order valence-electron chi connectivity index (χ0n) is 26.6. The van der Waals surface area contributed by atoms with E-state index in [-0.39, 0.29) is 35.2 Å². The number of hydrogen-bond acceptors (Lipinski definition) is 10. The Morgan fingerprint density at radius 2 is 1.37 bits per heavy atom. The average molecular weight is 605 g/mol. The molecule has 0 bridgehead atoms. The molecule has 1 heterocycles. The fourth-order valence-corrected chi connectivity index (χ4v) is 3.98. The van der Waals surface area contributed by atoms with Crippen LogP contribution >= 0.6 is 0 Å². The molecular weight excluding hydrogens is 556 g/mol. The molecule has 7 N–H and O–H groups in total. The predicted molar refractivity (Wildman–Crippen MR) is 167 cm³/mol. The second kappa shape index (κ2) is 18.9. The highest BCUT2D eigenvalue weighted by atomic mass is 16.6. The van der Waals surface area contributed by atoms with Crippen LogP contribution in [0.25, 0.3) is 0 Å². The van der Waals surface area contributed by atoms with Gasteiger partial charge in [0.15, 0.2) is 28.7 Å². The van der Waals surface area contributed by atoms with Crippen molar-refractivity contribution in [3.05, 3.63) is 58.7 Å². The minimum absolute atomic E-state index is 0.000310. The molecule has 3 aromatic rings. The topological polar surface area (TPSA) is 177 Å². The van der Waals surface area contributed by atoms with Crippen LogP contribution in [0, 0.1) is 6.92 Å². The lowest BCUT2D eigenvalue weighted by molar-refractivity contribution is 0.00400. The Balaban J connectivity index is 0.000000867. The average Bonchev–Trinajstić information content (AvgIpc) is 3.01. The number of fused-ring (bicyclic) bond motifs is 1. The van der Waals surface area contributed by atoms with Crippen molar-refractivity contribution >= 4 is 5.97 Å². The molecule has 0 spiro atoms. The van der Waals surface area contributed by atoms with E-state index in [4.69, 9.17) is 14.6 Å². The Bertz CT molecular complexity index is 1280. The molecule has 0 saturated carbocycles. The SMILES string of the molecule is CC.CC.CC.CCCc1cccc(O)c1O.Cc1c(O)cc(O)c2c1OCC(OC(=O)c1cc(O)c(O)c(O)c1)C2C. The largest absolute Gasteiger partial charge is 0.507 e. The third-order valence-corrected chi connectivity index (χ3v) is 6.11. The summed E-state index contributed by atoms with van der Waals surface area (Å²) < 4.78 is 10.9. The van der Waals surface area contributed by atoms with Crippen molar-refractivity contribution in [2.24, 2.45) is 0 Å². The standard InChI is InChI=1S/C18H18O8.C9H12O2.3C2H6/c1-7-10(19)5-11(20)15-8(2)14(6-25-17(7)15)26-18(24)9-3-12(21)16(23)13(22)4-9;1-2-4-7-5-3-6-8(10)9(7)11;3*1-2/h3-5,8,14,19-23H,6H2,1-2H3;3,5-6,10-11H,2,4H2,1H3;3*1-2H3. The summed E-state index contributed by atoms with van der Waals surface area (Å²) in [5, 5.41) is 66.6. The lowest BCUT2D eigenvalue weighted by Crippen LogP contribution is -2.34.